The zero-order valence-electron chi connectivity index (χ0n) is 21.6. The van der Waals surface area contributed by atoms with Crippen LogP contribution in [0.25, 0.3) is 0 Å². The lowest BCUT2D eigenvalue weighted by Gasteiger charge is -2.32. The number of halogens is 2. The summed E-state index contributed by atoms with van der Waals surface area (Å²) in [6.45, 7) is 2.63. The number of nitrogens with one attached hydrogen (secondary N) is 1. The molecule has 4 amide bonds. The zero-order chi connectivity index (χ0) is 27.7. The third-order valence-electron chi connectivity index (χ3n) is 7.90. The Labute approximate surface area is 224 Å². The Morgan fingerprint density at radius 3 is 2.49 bits per heavy atom. The van der Waals surface area contributed by atoms with Gasteiger partial charge >= 0.3 is 0 Å². The predicted octanol–water partition coefficient (Wildman–Crippen LogP) is 2.85. The number of alkyl halides is 2. The number of nitrogens with zero attached hydrogens (tertiary/aromatic N) is 4. The van der Waals surface area contributed by atoms with Crippen molar-refractivity contribution < 1.29 is 28.0 Å². The summed E-state index contributed by atoms with van der Waals surface area (Å²) in [5.41, 5.74) is 6.82. The molecule has 0 aliphatic carbocycles. The van der Waals surface area contributed by atoms with E-state index in [2.05, 4.69) is 15.3 Å². The fraction of sp³-hybridized carbons (Fsp3) is 0.519. The second kappa shape index (κ2) is 11.2. The molecule has 0 radical (unpaired) electrons. The summed E-state index contributed by atoms with van der Waals surface area (Å²) in [7, 11) is 0. The van der Waals surface area contributed by atoms with Crippen molar-refractivity contribution in [3.63, 3.8) is 0 Å². The number of piperidine rings is 2. The second-order valence-corrected chi connectivity index (χ2v) is 10.4. The van der Waals surface area contributed by atoms with Gasteiger partial charge in [-0.2, -0.15) is 5.10 Å². The maximum absolute atomic E-state index is 13.2. The Morgan fingerprint density at radius 1 is 1.03 bits per heavy atom. The number of amides is 4. The molecule has 4 heterocycles. The molecule has 39 heavy (non-hydrogen) atoms. The zero-order valence-corrected chi connectivity index (χ0v) is 21.6. The van der Waals surface area contributed by atoms with Crippen molar-refractivity contribution >= 4 is 29.3 Å². The third kappa shape index (κ3) is 5.42. The van der Waals surface area contributed by atoms with Gasteiger partial charge in [-0.25, -0.2) is 8.78 Å². The summed E-state index contributed by atoms with van der Waals surface area (Å²) in [5, 5.41) is 6.21. The van der Waals surface area contributed by atoms with Crippen molar-refractivity contribution in [2.75, 3.05) is 25.4 Å². The molecule has 2 aromatic rings. The van der Waals surface area contributed by atoms with Crippen molar-refractivity contribution in [1.82, 2.24) is 24.9 Å². The van der Waals surface area contributed by atoms with E-state index in [9.17, 15) is 28.0 Å². The number of carbonyl (C=O) groups is 4. The molecule has 12 heteroatoms. The van der Waals surface area contributed by atoms with Crippen LogP contribution in [0.5, 0.6) is 0 Å². The number of unbranched alkanes of at least 4 members (excludes halogenated alkanes) is 2. The van der Waals surface area contributed by atoms with Gasteiger partial charge in [-0.1, -0.05) is 18.6 Å². The summed E-state index contributed by atoms with van der Waals surface area (Å²) in [6.07, 6.45) is 4.09. The van der Waals surface area contributed by atoms with Gasteiger partial charge in [0.25, 0.3) is 18.2 Å². The summed E-state index contributed by atoms with van der Waals surface area (Å²) >= 11 is 0. The number of rotatable bonds is 9. The van der Waals surface area contributed by atoms with E-state index in [0.717, 1.165) is 62.2 Å². The summed E-state index contributed by atoms with van der Waals surface area (Å²) in [6, 6.07) is 4.32. The molecular formula is C27H32F2N6O4. The lowest BCUT2D eigenvalue weighted by molar-refractivity contribution is -0.136. The molecule has 0 spiro atoms. The second-order valence-electron chi connectivity index (χ2n) is 10.4. The lowest BCUT2D eigenvalue weighted by atomic mass is 9.98. The molecule has 1 atom stereocenters. The minimum absolute atomic E-state index is 0.0336. The molecule has 3 N–H and O–H groups in total. The number of nitrogens with two attached hydrogens (primary N) is 1. The van der Waals surface area contributed by atoms with Gasteiger partial charge in [0.15, 0.2) is 5.69 Å². The molecule has 0 bridgehead atoms. The molecule has 3 aliphatic rings. The first-order valence-electron chi connectivity index (χ1n) is 13.4. The highest BCUT2D eigenvalue weighted by Crippen LogP contribution is 2.31. The molecule has 208 valence electrons. The molecule has 5 rings (SSSR count). The highest BCUT2D eigenvalue weighted by Gasteiger charge is 2.45. The number of carbonyl (C=O) groups excluding carboxylic acids is 4. The molecular weight excluding hydrogens is 510 g/mol. The van der Waals surface area contributed by atoms with E-state index >= 15 is 0 Å². The molecule has 2 fully saturated rings. The Bertz CT molecular complexity index is 1290. The van der Waals surface area contributed by atoms with Crippen LogP contribution < -0.4 is 11.1 Å². The van der Waals surface area contributed by atoms with E-state index in [0.29, 0.717) is 17.5 Å². The van der Waals surface area contributed by atoms with Crippen LogP contribution in [-0.4, -0.2) is 68.9 Å². The number of likely N-dealkylation sites (tertiary alicyclic amines) is 1. The molecule has 1 aromatic heterocycles. The van der Waals surface area contributed by atoms with Crippen LogP contribution in [0.1, 0.15) is 89.4 Å². The molecule has 10 nitrogen and oxygen atoms in total. The Kier molecular flexibility index (Phi) is 7.74. The van der Waals surface area contributed by atoms with Crippen molar-refractivity contribution in [2.24, 2.45) is 0 Å². The monoisotopic (exact) mass is 542 g/mol. The first-order chi connectivity index (χ1) is 18.7. The number of aromatic nitrogens is 2. The van der Waals surface area contributed by atoms with Crippen LogP contribution in [0.2, 0.25) is 0 Å². The number of anilines is 1. The van der Waals surface area contributed by atoms with Crippen LogP contribution in [0.15, 0.2) is 24.4 Å². The third-order valence-corrected chi connectivity index (χ3v) is 7.90. The number of hydrogen-bond acceptors (Lipinski definition) is 7. The topological polar surface area (TPSA) is 131 Å². The fourth-order valence-corrected chi connectivity index (χ4v) is 5.80. The minimum Gasteiger partial charge on any atom is -0.396 e. The maximum atomic E-state index is 13.2. The minimum atomic E-state index is -2.67. The van der Waals surface area contributed by atoms with Crippen molar-refractivity contribution in [2.45, 2.75) is 69.9 Å². The van der Waals surface area contributed by atoms with E-state index < -0.39 is 36.1 Å². The van der Waals surface area contributed by atoms with E-state index in [1.807, 2.05) is 6.07 Å². The van der Waals surface area contributed by atoms with Crippen molar-refractivity contribution in [1.29, 1.82) is 0 Å². The normalized spacial score (nSPS) is 20.7. The highest BCUT2D eigenvalue weighted by molar-refractivity contribution is 6.24. The largest absolute Gasteiger partial charge is 0.396 e. The van der Waals surface area contributed by atoms with Crippen LogP contribution in [0, 0.1) is 0 Å². The Morgan fingerprint density at radius 2 is 1.79 bits per heavy atom. The average Bonchev–Trinajstić information content (AvgIpc) is 3.42. The molecule has 2 saturated heterocycles. The number of hydrogen-bond donors (Lipinski definition) is 2. The van der Waals surface area contributed by atoms with Crippen molar-refractivity contribution in [3.05, 3.63) is 46.8 Å². The lowest BCUT2D eigenvalue weighted by Crippen LogP contribution is -2.54. The SMILES string of the molecule is Nc1cn(C2CCN(CCCCCc3cccc4c3C(=O)N(C3CCC(=O)NC3=O)C4=O)CC2)nc1C(F)F. The number of aryl methyl sites for hydroxylation is 1. The van der Waals surface area contributed by atoms with Gasteiger partial charge in [0.1, 0.15) is 6.04 Å². The Balaban J connectivity index is 1.09. The number of fused-ring (bicyclic) bond motifs is 1. The average molecular weight is 543 g/mol. The summed E-state index contributed by atoms with van der Waals surface area (Å²) in [4.78, 5) is 53.4. The number of nitrogen functional groups attached to an aromatic ring is 1. The number of benzene rings is 1. The maximum Gasteiger partial charge on any atom is 0.284 e. The van der Waals surface area contributed by atoms with Gasteiger partial charge in [0, 0.05) is 25.7 Å². The Hall–Kier alpha value is -3.67. The van der Waals surface area contributed by atoms with Gasteiger partial charge in [-0.05, 0) is 56.7 Å². The van der Waals surface area contributed by atoms with Crippen LogP contribution in [-0.2, 0) is 16.0 Å². The van der Waals surface area contributed by atoms with E-state index in [1.165, 1.54) is 6.20 Å². The quantitative estimate of drug-likeness (QED) is 0.368. The van der Waals surface area contributed by atoms with Crippen molar-refractivity contribution in [3.8, 4) is 0 Å². The van der Waals surface area contributed by atoms with Crippen LogP contribution in [0.4, 0.5) is 14.5 Å². The first kappa shape index (κ1) is 26.9. The molecule has 1 unspecified atom stereocenters. The van der Waals surface area contributed by atoms with E-state index in [-0.39, 0.29) is 30.3 Å². The van der Waals surface area contributed by atoms with E-state index in [4.69, 9.17) is 5.73 Å². The van der Waals surface area contributed by atoms with Crippen LogP contribution in [0.3, 0.4) is 0 Å². The van der Waals surface area contributed by atoms with Gasteiger partial charge in [0.05, 0.1) is 22.9 Å². The molecule has 3 aliphatic heterocycles. The predicted molar refractivity (Wildman–Crippen MR) is 137 cm³/mol. The fourth-order valence-electron chi connectivity index (χ4n) is 5.80. The van der Waals surface area contributed by atoms with Gasteiger partial charge in [0.2, 0.25) is 11.8 Å². The van der Waals surface area contributed by atoms with Gasteiger partial charge in [-0.15, -0.1) is 0 Å². The summed E-state index contributed by atoms with van der Waals surface area (Å²) < 4.78 is 27.5. The summed E-state index contributed by atoms with van der Waals surface area (Å²) in [5.74, 6) is -1.97. The van der Waals surface area contributed by atoms with E-state index in [1.54, 1.807) is 16.8 Å². The molecule has 0 saturated carbocycles. The molecule has 1 aromatic carbocycles. The standard InChI is InChI=1S/C27H32F2N6O4/c28-24(29)23-19(30)15-34(32-23)17-10-13-33(14-11-17)12-3-1-2-5-16-6-4-7-18-22(16)27(39)35(26(18)38)20-8-9-21(36)31-25(20)37/h4,6-7,15,17,20,24H,1-3,5,8-14,30H2,(H,31,36,37). The van der Waals surface area contributed by atoms with Gasteiger partial charge < -0.3 is 10.6 Å². The highest BCUT2D eigenvalue weighted by atomic mass is 19.3. The first-order valence-corrected chi connectivity index (χ1v) is 13.4. The smallest absolute Gasteiger partial charge is 0.284 e. The number of imide groups is 2. The van der Waals surface area contributed by atoms with Gasteiger partial charge in [-0.3, -0.25) is 34.1 Å². The van der Waals surface area contributed by atoms with Crippen LogP contribution >= 0.6 is 0 Å².